The van der Waals surface area contributed by atoms with E-state index in [0.717, 1.165) is 0 Å². The van der Waals surface area contributed by atoms with Crippen LogP contribution in [0, 0.1) is 0 Å². The Balaban J connectivity index is 0. The minimum atomic E-state index is 0. The minimum Gasteiger partial charge on any atom is 0 e. The minimum absolute atomic E-state index is 0. The molecule has 0 aliphatic rings. The molecule has 0 N–H and O–H groups in total. The van der Waals surface area contributed by atoms with E-state index in [0.29, 0.717) is 0 Å². The monoisotopic (exact) mass is 153 g/mol. The topological polar surface area (TPSA) is 0 Å². The maximum Gasteiger partial charge on any atom is 0 e. The number of hydrogen-bond acceptors (Lipinski definition) is 0. The van der Waals surface area contributed by atoms with Crippen LogP contribution in [0.4, 0.5) is 0 Å². The fraction of sp³-hybridized carbons (Fsp3) is 0. The van der Waals surface area contributed by atoms with E-state index >= 15 is 0 Å². The summed E-state index contributed by atoms with van der Waals surface area (Å²) in [4.78, 5) is 0. The summed E-state index contributed by atoms with van der Waals surface area (Å²) in [6.45, 7) is 0. The molecule has 0 saturated carbocycles. The Morgan fingerprint density at radius 3 is 1.00 bits per heavy atom. The Morgan fingerprint density at radius 2 is 1.00 bits per heavy atom. The first-order valence-electron chi connectivity index (χ1n) is 0. The predicted molar refractivity (Wildman–Crippen MR) is 11.5 cm³/mol. The third-order valence-corrected chi connectivity index (χ3v) is 0. The van der Waals surface area contributed by atoms with Crippen molar-refractivity contribution in [3.8, 4) is 0 Å². The standard InChI is InChI=1S/Co.K.Li.Ti. The van der Waals surface area contributed by atoms with Crippen molar-refractivity contribution in [2.75, 3.05) is 0 Å². The van der Waals surface area contributed by atoms with Crippen LogP contribution in [0.15, 0.2) is 0 Å². The largest absolute Gasteiger partial charge is 0 e. The molecule has 0 aromatic heterocycles. The molecule has 0 atom stereocenters. The van der Waals surface area contributed by atoms with Gasteiger partial charge in [0.2, 0.25) is 0 Å². The normalized spacial score (nSPS) is 0. The van der Waals surface area contributed by atoms with Crippen LogP contribution in [0.25, 0.3) is 0 Å². The molecule has 0 saturated heterocycles. The fourth-order valence-corrected chi connectivity index (χ4v) is 0. The van der Waals surface area contributed by atoms with Gasteiger partial charge in [0.25, 0.3) is 0 Å². The SMILES string of the molecule is [Co].[K].[Li].[Ti]. The second-order valence-electron chi connectivity index (χ2n) is 0. The second-order valence-corrected chi connectivity index (χ2v) is 0. The van der Waals surface area contributed by atoms with Crippen molar-refractivity contribution < 1.29 is 38.5 Å². The van der Waals surface area contributed by atoms with E-state index < -0.39 is 0 Å². The first kappa shape index (κ1) is 26.0. The summed E-state index contributed by atoms with van der Waals surface area (Å²) >= 11 is 0. The molecule has 15 valence electrons. The summed E-state index contributed by atoms with van der Waals surface area (Å²) in [6, 6.07) is 0. The van der Waals surface area contributed by atoms with E-state index in [-0.39, 0.29) is 109 Å². The van der Waals surface area contributed by atoms with Gasteiger partial charge in [0.15, 0.2) is 0 Å². The molecule has 0 aliphatic carbocycles. The van der Waals surface area contributed by atoms with Crippen LogP contribution >= 0.6 is 0 Å². The third kappa shape index (κ3) is 9.07. The van der Waals surface area contributed by atoms with Gasteiger partial charge in [0, 0.05) is 109 Å². The fourth-order valence-electron chi connectivity index (χ4n) is 0. The maximum absolute atomic E-state index is 0. The van der Waals surface area contributed by atoms with Crippen LogP contribution in [0.5, 0.6) is 0 Å². The van der Waals surface area contributed by atoms with Crippen LogP contribution < -0.4 is 0 Å². The van der Waals surface area contributed by atoms with Crippen molar-refractivity contribution >= 4 is 70.2 Å². The zero-order valence-electron chi connectivity index (χ0n) is 2.83. The Hall–Kier alpha value is 3.45. The molecule has 3 radical (unpaired) electrons. The van der Waals surface area contributed by atoms with E-state index in [1.54, 1.807) is 0 Å². The van der Waals surface area contributed by atoms with Gasteiger partial charge in [-0.05, 0) is 0 Å². The zero-order valence-corrected chi connectivity index (χ0v) is 8.56. The molecule has 0 bridgehead atoms. The first-order chi connectivity index (χ1) is 0. The van der Waals surface area contributed by atoms with Crippen molar-refractivity contribution in [1.82, 2.24) is 0 Å². The van der Waals surface area contributed by atoms with Crippen LogP contribution in [0.1, 0.15) is 0 Å². The summed E-state index contributed by atoms with van der Waals surface area (Å²) in [7, 11) is 0. The second kappa shape index (κ2) is 16.1. The molecule has 4 heteroatoms. The van der Waals surface area contributed by atoms with Crippen molar-refractivity contribution in [3.63, 3.8) is 0 Å². The third-order valence-electron chi connectivity index (χ3n) is 0. The molecule has 0 aromatic carbocycles. The van der Waals surface area contributed by atoms with Crippen molar-refractivity contribution in [2.45, 2.75) is 0 Å². The van der Waals surface area contributed by atoms with Gasteiger partial charge in [0.05, 0.1) is 0 Å². The van der Waals surface area contributed by atoms with Crippen LogP contribution in [0.3, 0.4) is 0 Å². The van der Waals surface area contributed by atoms with Gasteiger partial charge in [-0.3, -0.25) is 0 Å². The molecule has 0 rings (SSSR count). The molecule has 0 amide bonds. The average Bonchev–Trinajstić information content (AvgIpc) is 0. The van der Waals surface area contributed by atoms with E-state index in [1.165, 1.54) is 0 Å². The van der Waals surface area contributed by atoms with Gasteiger partial charge < -0.3 is 0 Å². The molecule has 0 nitrogen and oxygen atoms in total. The maximum atomic E-state index is 0. The molecule has 4 heavy (non-hydrogen) atoms. The quantitative estimate of drug-likeness (QED) is 0.401. The van der Waals surface area contributed by atoms with Gasteiger partial charge in [-0.25, -0.2) is 0 Å². The molecular formula is CoKLiTi. The number of hydrogen-bond donors (Lipinski definition) is 0. The van der Waals surface area contributed by atoms with E-state index in [1.807, 2.05) is 0 Å². The molecule has 0 aliphatic heterocycles. The molecule has 0 unspecified atom stereocenters. The summed E-state index contributed by atoms with van der Waals surface area (Å²) < 4.78 is 0. The Labute approximate surface area is 106 Å². The van der Waals surface area contributed by atoms with E-state index in [2.05, 4.69) is 0 Å². The number of rotatable bonds is 0. The first-order valence-corrected chi connectivity index (χ1v) is 0. The summed E-state index contributed by atoms with van der Waals surface area (Å²) in [5, 5.41) is 0. The van der Waals surface area contributed by atoms with Gasteiger partial charge in [0.1, 0.15) is 0 Å². The van der Waals surface area contributed by atoms with Gasteiger partial charge in [-0.2, -0.15) is 0 Å². The molecule has 0 heterocycles. The van der Waals surface area contributed by atoms with Gasteiger partial charge >= 0.3 is 0 Å². The summed E-state index contributed by atoms with van der Waals surface area (Å²) in [5.41, 5.74) is 0. The predicted octanol–water partition coefficient (Wildman–Crippen LogP) is -0.767. The van der Waals surface area contributed by atoms with Gasteiger partial charge in [-0.1, -0.05) is 0 Å². The summed E-state index contributed by atoms with van der Waals surface area (Å²) in [6.07, 6.45) is 0. The Kier molecular flexibility index (Phi) is 105. The summed E-state index contributed by atoms with van der Waals surface area (Å²) in [5.74, 6) is 0. The Bertz CT molecular complexity index is 8.00. The van der Waals surface area contributed by atoms with Crippen LogP contribution in [-0.4, -0.2) is 70.2 Å². The molecule has 0 spiro atoms. The van der Waals surface area contributed by atoms with E-state index in [9.17, 15) is 0 Å². The molecule has 0 fully saturated rings. The van der Waals surface area contributed by atoms with Crippen molar-refractivity contribution in [2.24, 2.45) is 0 Å². The molecular weight excluding hydrogens is 153 g/mol. The molecule has 0 aromatic rings. The average molecular weight is 153 g/mol. The van der Waals surface area contributed by atoms with E-state index in [4.69, 9.17) is 0 Å². The van der Waals surface area contributed by atoms with Crippen LogP contribution in [-0.2, 0) is 38.5 Å². The van der Waals surface area contributed by atoms with Crippen molar-refractivity contribution in [1.29, 1.82) is 0 Å². The smallest absolute Gasteiger partial charge is 0 e. The van der Waals surface area contributed by atoms with Gasteiger partial charge in [-0.15, -0.1) is 0 Å². The Morgan fingerprint density at radius 1 is 1.00 bits per heavy atom. The van der Waals surface area contributed by atoms with Crippen LogP contribution in [0.2, 0.25) is 0 Å². The zero-order chi connectivity index (χ0) is 0. The van der Waals surface area contributed by atoms with Crippen molar-refractivity contribution in [3.05, 3.63) is 0 Å².